The van der Waals surface area contributed by atoms with Crippen LogP contribution in [0.5, 0.6) is 0 Å². The van der Waals surface area contributed by atoms with Crippen LogP contribution >= 0.6 is 11.6 Å². The number of nitrogens with zero attached hydrogens (tertiary/aromatic N) is 3. The van der Waals surface area contributed by atoms with E-state index in [1.54, 1.807) is 6.07 Å². The van der Waals surface area contributed by atoms with E-state index in [1.807, 2.05) is 43.1 Å². The number of anilines is 3. The van der Waals surface area contributed by atoms with Gasteiger partial charge < -0.3 is 16.4 Å². The van der Waals surface area contributed by atoms with Gasteiger partial charge in [-0.05, 0) is 18.6 Å². The summed E-state index contributed by atoms with van der Waals surface area (Å²) in [6, 6.07) is 9.43. The van der Waals surface area contributed by atoms with Crippen molar-refractivity contribution in [2.24, 2.45) is 0 Å². The summed E-state index contributed by atoms with van der Waals surface area (Å²) in [5.41, 5.74) is 12.3. The molecule has 0 radical (unpaired) electrons. The number of rotatable bonds is 3. The molecule has 5 nitrogen and oxygen atoms in total. The van der Waals surface area contributed by atoms with Crippen molar-refractivity contribution in [2.75, 3.05) is 23.4 Å². The van der Waals surface area contributed by atoms with Crippen molar-refractivity contribution in [2.45, 2.75) is 13.0 Å². The quantitative estimate of drug-likeness (QED) is 0.901. The van der Waals surface area contributed by atoms with Gasteiger partial charge in [-0.1, -0.05) is 29.8 Å². The Morgan fingerprint density at radius 3 is 2.53 bits per heavy atom. The van der Waals surface area contributed by atoms with Crippen molar-refractivity contribution < 1.29 is 0 Å². The Morgan fingerprint density at radius 2 is 1.89 bits per heavy atom. The van der Waals surface area contributed by atoms with Crippen LogP contribution in [0, 0.1) is 0 Å². The zero-order chi connectivity index (χ0) is 14.0. The first-order valence-corrected chi connectivity index (χ1v) is 6.24. The van der Waals surface area contributed by atoms with Crippen LogP contribution in [0.1, 0.15) is 18.5 Å². The minimum atomic E-state index is 0.0439. The lowest BCUT2D eigenvalue weighted by atomic mass is 10.1. The lowest BCUT2D eigenvalue weighted by Crippen LogP contribution is -2.23. The average molecular weight is 278 g/mol. The van der Waals surface area contributed by atoms with Crippen molar-refractivity contribution >= 4 is 29.2 Å². The summed E-state index contributed by atoms with van der Waals surface area (Å²) in [5, 5.41) is 0.719. The number of hydrogen-bond acceptors (Lipinski definition) is 5. The van der Waals surface area contributed by atoms with Crippen LogP contribution < -0.4 is 16.4 Å². The molecule has 6 heteroatoms. The summed E-state index contributed by atoms with van der Waals surface area (Å²) in [7, 11) is 1.91. The second kappa shape index (κ2) is 5.32. The van der Waals surface area contributed by atoms with Crippen molar-refractivity contribution in [3.63, 3.8) is 0 Å². The maximum absolute atomic E-state index is 6.20. The van der Waals surface area contributed by atoms with E-state index in [0.29, 0.717) is 11.6 Å². The monoisotopic (exact) mass is 277 g/mol. The molecule has 0 saturated heterocycles. The standard InChI is InChI=1S/C13H16ClN5/c1-8(9-5-3-4-6-10(9)14)19(2)12-7-11(15)17-13(16)18-12/h3-8H,1-2H3,(H4,15,16,17,18). The third kappa shape index (κ3) is 2.88. The second-order valence-electron chi connectivity index (χ2n) is 4.32. The van der Waals surface area contributed by atoms with E-state index in [9.17, 15) is 0 Å². The fraction of sp³-hybridized carbons (Fsp3) is 0.231. The second-order valence-corrected chi connectivity index (χ2v) is 4.72. The van der Waals surface area contributed by atoms with Gasteiger partial charge in [0, 0.05) is 18.1 Å². The molecular formula is C13H16ClN5. The fourth-order valence-corrected chi connectivity index (χ4v) is 2.17. The van der Waals surface area contributed by atoms with Gasteiger partial charge in [0.2, 0.25) is 5.95 Å². The molecule has 1 atom stereocenters. The van der Waals surface area contributed by atoms with Crippen LogP contribution in [-0.4, -0.2) is 17.0 Å². The van der Waals surface area contributed by atoms with Crippen LogP contribution in [0.25, 0.3) is 0 Å². The third-order valence-corrected chi connectivity index (χ3v) is 3.39. The molecular weight excluding hydrogens is 262 g/mol. The van der Waals surface area contributed by atoms with E-state index in [2.05, 4.69) is 9.97 Å². The lowest BCUT2D eigenvalue weighted by Gasteiger charge is -2.27. The molecule has 0 bridgehead atoms. The van der Waals surface area contributed by atoms with E-state index in [1.165, 1.54) is 0 Å². The number of halogens is 1. The van der Waals surface area contributed by atoms with Crippen LogP contribution in [-0.2, 0) is 0 Å². The summed E-state index contributed by atoms with van der Waals surface area (Å²) in [5.74, 6) is 1.17. The highest BCUT2D eigenvalue weighted by Gasteiger charge is 2.16. The summed E-state index contributed by atoms with van der Waals surface area (Å²) in [6.45, 7) is 2.04. The third-order valence-electron chi connectivity index (χ3n) is 3.05. The zero-order valence-electron chi connectivity index (χ0n) is 10.8. The number of nitrogens with two attached hydrogens (primary N) is 2. The van der Waals surface area contributed by atoms with Gasteiger partial charge in [0.05, 0.1) is 6.04 Å². The summed E-state index contributed by atoms with van der Waals surface area (Å²) in [4.78, 5) is 9.99. The largest absolute Gasteiger partial charge is 0.383 e. The average Bonchev–Trinajstić information content (AvgIpc) is 2.36. The van der Waals surface area contributed by atoms with Gasteiger partial charge in [-0.3, -0.25) is 0 Å². The Morgan fingerprint density at radius 1 is 1.21 bits per heavy atom. The number of hydrogen-bond donors (Lipinski definition) is 2. The maximum atomic E-state index is 6.20. The summed E-state index contributed by atoms with van der Waals surface area (Å²) in [6.07, 6.45) is 0. The van der Waals surface area contributed by atoms with E-state index in [-0.39, 0.29) is 12.0 Å². The first-order valence-electron chi connectivity index (χ1n) is 5.86. The van der Waals surface area contributed by atoms with E-state index in [4.69, 9.17) is 23.1 Å². The summed E-state index contributed by atoms with van der Waals surface area (Å²) >= 11 is 6.20. The molecule has 1 heterocycles. The van der Waals surface area contributed by atoms with Crippen LogP contribution in [0.2, 0.25) is 5.02 Å². The van der Waals surface area contributed by atoms with Crippen LogP contribution in [0.4, 0.5) is 17.6 Å². The molecule has 0 aliphatic rings. The fourth-order valence-electron chi connectivity index (χ4n) is 1.87. The Labute approximate surface area is 117 Å². The van der Waals surface area contributed by atoms with Gasteiger partial charge in [-0.15, -0.1) is 0 Å². The van der Waals surface area contributed by atoms with Crippen molar-refractivity contribution in [3.8, 4) is 0 Å². The minimum Gasteiger partial charge on any atom is -0.383 e. The Kier molecular flexibility index (Phi) is 3.76. The molecule has 1 aromatic carbocycles. The highest BCUT2D eigenvalue weighted by Crippen LogP contribution is 2.29. The van der Waals surface area contributed by atoms with Crippen molar-refractivity contribution in [1.82, 2.24) is 9.97 Å². The van der Waals surface area contributed by atoms with Crippen molar-refractivity contribution in [1.29, 1.82) is 0 Å². The number of nitrogen functional groups attached to an aromatic ring is 2. The lowest BCUT2D eigenvalue weighted by molar-refractivity contribution is 0.728. The van der Waals surface area contributed by atoms with E-state index >= 15 is 0 Å². The van der Waals surface area contributed by atoms with Gasteiger partial charge >= 0.3 is 0 Å². The molecule has 0 spiro atoms. The van der Waals surface area contributed by atoms with E-state index in [0.717, 1.165) is 10.6 Å². The first-order chi connectivity index (χ1) is 8.99. The van der Waals surface area contributed by atoms with Gasteiger partial charge in [0.15, 0.2) is 0 Å². The Hall–Kier alpha value is -2.01. The molecule has 0 aliphatic heterocycles. The number of benzene rings is 1. The molecule has 1 unspecified atom stereocenters. The molecule has 4 N–H and O–H groups in total. The SMILES string of the molecule is CC(c1ccccc1Cl)N(C)c1cc(N)nc(N)n1. The van der Waals surface area contributed by atoms with E-state index < -0.39 is 0 Å². The molecule has 0 saturated carbocycles. The normalized spacial score (nSPS) is 12.2. The molecule has 2 aromatic rings. The highest BCUT2D eigenvalue weighted by molar-refractivity contribution is 6.31. The molecule has 1 aromatic heterocycles. The van der Waals surface area contributed by atoms with Gasteiger partial charge in [-0.2, -0.15) is 9.97 Å². The first kappa shape index (κ1) is 13.4. The maximum Gasteiger partial charge on any atom is 0.223 e. The minimum absolute atomic E-state index is 0.0439. The predicted molar refractivity (Wildman–Crippen MR) is 79.1 cm³/mol. The summed E-state index contributed by atoms with van der Waals surface area (Å²) < 4.78 is 0. The molecule has 100 valence electrons. The smallest absolute Gasteiger partial charge is 0.223 e. The molecule has 19 heavy (non-hydrogen) atoms. The zero-order valence-corrected chi connectivity index (χ0v) is 11.6. The van der Waals surface area contributed by atoms with Gasteiger partial charge in [0.1, 0.15) is 11.6 Å². The molecule has 2 rings (SSSR count). The Balaban J connectivity index is 2.33. The predicted octanol–water partition coefficient (Wildman–Crippen LogP) is 2.49. The topological polar surface area (TPSA) is 81.1 Å². The van der Waals surface area contributed by atoms with Crippen molar-refractivity contribution in [3.05, 3.63) is 40.9 Å². The molecule has 0 fully saturated rings. The highest BCUT2D eigenvalue weighted by atomic mass is 35.5. The molecule has 0 aliphatic carbocycles. The van der Waals surface area contributed by atoms with Crippen LogP contribution in [0.15, 0.2) is 30.3 Å². The van der Waals surface area contributed by atoms with Gasteiger partial charge in [-0.25, -0.2) is 0 Å². The Bertz CT molecular complexity index is 567. The molecule has 0 amide bonds. The van der Waals surface area contributed by atoms with Crippen LogP contribution in [0.3, 0.4) is 0 Å². The number of aromatic nitrogens is 2. The van der Waals surface area contributed by atoms with Gasteiger partial charge in [0.25, 0.3) is 0 Å².